The first-order valence-electron chi connectivity index (χ1n) is 5.04. The molecule has 0 spiro atoms. The fraction of sp³-hybridized carbons (Fsp3) is 0.167. The highest BCUT2D eigenvalue weighted by Crippen LogP contribution is 2.18. The van der Waals surface area contributed by atoms with E-state index in [4.69, 9.17) is 5.73 Å². The van der Waals surface area contributed by atoms with E-state index >= 15 is 0 Å². The van der Waals surface area contributed by atoms with Crippen LogP contribution in [0.2, 0.25) is 0 Å². The van der Waals surface area contributed by atoms with Gasteiger partial charge in [0.05, 0.1) is 5.56 Å². The molecule has 1 rings (SSSR count). The number of hydrogen-bond donors (Lipinski definition) is 3. The summed E-state index contributed by atoms with van der Waals surface area (Å²) in [6.07, 6.45) is 3.46. The van der Waals surface area contributed by atoms with Crippen LogP contribution in [0.4, 0.5) is 0 Å². The predicted molar refractivity (Wildman–Crippen MR) is 64.3 cm³/mol. The third-order valence-corrected chi connectivity index (χ3v) is 2.07. The molecule has 5 nitrogen and oxygen atoms in total. The normalized spacial score (nSPS) is 10.4. The van der Waals surface area contributed by atoms with Crippen LogP contribution in [0, 0.1) is 0 Å². The van der Waals surface area contributed by atoms with Gasteiger partial charge in [-0.25, -0.2) is 0 Å². The highest BCUT2D eigenvalue weighted by Gasteiger charge is 2.06. The molecule has 0 saturated carbocycles. The van der Waals surface area contributed by atoms with Crippen LogP contribution in [0.25, 0.3) is 6.08 Å². The SMILES string of the molecule is CC(=O)NCC=Cc1ccc(O)c(C(N)=O)c1. The molecular formula is C12H14N2O3. The largest absolute Gasteiger partial charge is 0.507 e. The Hall–Kier alpha value is -2.30. The Balaban J connectivity index is 2.75. The van der Waals surface area contributed by atoms with Crippen molar-refractivity contribution < 1.29 is 14.7 Å². The van der Waals surface area contributed by atoms with E-state index in [9.17, 15) is 14.7 Å². The summed E-state index contributed by atoms with van der Waals surface area (Å²) in [6, 6.07) is 4.53. The van der Waals surface area contributed by atoms with Gasteiger partial charge in [0.1, 0.15) is 5.75 Å². The molecule has 0 heterocycles. The standard InChI is InChI=1S/C12H14N2O3/c1-8(15)14-6-2-3-9-4-5-11(16)10(7-9)12(13)17/h2-5,7,16H,6H2,1H3,(H2,13,17)(H,14,15). The van der Waals surface area contributed by atoms with Gasteiger partial charge in [-0.3, -0.25) is 9.59 Å². The number of rotatable bonds is 4. The lowest BCUT2D eigenvalue weighted by Gasteiger charge is -2.01. The van der Waals surface area contributed by atoms with E-state index in [2.05, 4.69) is 5.32 Å². The summed E-state index contributed by atoms with van der Waals surface area (Å²) in [4.78, 5) is 21.6. The van der Waals surface area contributed by atoms with Crippen LogP contribution in [0.5, 0.6) is 5.75 Å². The van der Waals surface area contributed by atoms with E-state index in [-0.39, 0.29) is 17.2 Å². The Morgan fingerprint density at radius 2 is 2.18 bits per heavy atom. The number of carbonyl (C=O) groups excluding carboxylic acids is 2. The average Bonchev–Trinajstić information content (AvgIpc) is 2.25. The van der Waals surface area contributed by atoms with Gasteiger partial charge in [0, 0.05) is 13.5 Å². The summed E-state index contributed by atoms with van der Waals surface area (Å²) < 4.78 is 0. The predicted octanol–water partition coefficient (Wildman–Crippen LogP) is 0.640. The first-order valence-corrected chi connectivity index (χ1v) is 5.04. The van der Waals surface area contributed by atoms with Crippen molar-refractivity contribution >= 4 is 17.9 Å². The van der Waals surface area contributed by atoms with Crippen LogP contribution in [0.3, 0.4) is 0 Å². The zero-order chi connectivity index (χ0) is 12.8. The van der Waals surface area contributed by atoms with E-state index in [0.717, 1.165) is 5.56 Å². The molecular weight excluding hydrogens is 220 g/mol. The molecule has 4 N–H and O–H groups in total. The number of carbonyl (C=O) groups is 2. The van der Waals surface area contributed by atoms with Crippen LogP contribution >= 0.6 is 0 Å². The van der Waals surface area contributed by atoms with Crippen LogP contribution in [0.1, 0.15) is 22.8 Å². The minimum absolute atomic E-state index is 0.0756. The number of nitrogens with one attached hydrogen (secondary N) is 1. The summed E-state index contributed by atoms with van der Waals surface area (Å²) >= 11 is 0. The van der Waals surface area contributed by atoms with Gasteiger partial charge in [-0.05, 0) is 17.7 Å². The van der Waals surface area contributed by atoms with Crippen molar-refractivity contribution in [1.82, 2.24) is 5.32 Å². The molecule has 0 aliphatic heterocycles. The Labute approximate surface area is 98.9 Å². The summed E-state index contributed by atoms with van der Waals surface area (Å²) in [5.41, 5.74) is 5.90. The summed E-state index contributed by atoms with van der Waals surface area (Å²) in [5.74, 6) is -0.936. The molecule has 0 saturated heterocycles. The second-order valence-electron chi connectivity index (χ2n) is 3.48. The monoisotopic (exact) mass is 234 g/mol. The maximum absolute atomic E-state index is 11.0. The van der Waals surface area contributed by atoms with Crippen molar-refractivity contribution in [2.45, 2.75) is 6.92 Å². The average molecular weight is 234 g/mol. The number of primary amides is 1. The Kier molecular flexibility index (Phi) is 4.28. The van der Waals surface area contributed by atoms with Crippen LogP contribution in [-0.2, 0) is 4.79 Å². The number of aromatic hydroxyl groups is 1. The van der Waals surface area contributed by atoms with E-state index in [1.54, 1.807) is 18.2 Å². The van der Waals surface area contributed by atoms with E-state index in [1.807, 2.05) is 0 Å². The molecule has 1 aromatic carbocycles. The van der Waals surface area contributed by atoms with Gasteiger partial charge < -0.3 is 16.2 Å². The smallest absolute Gasteiger partial charge is 0.252 e. The van der Waals surface area contributed by atoms with Gasteiger partial charge >= 0.3 is 0 Å². The zero-order valence-electron chi connectivity index (χ0n) is 9.43. The summed E-state index contributed by atoms with van der Waals surface area (Å²) in [7, 11) is 0. The molecule has 1 aromatic rings. The van der Waals surface area contributed by atoms with Gasteiger partial charge in [-0.2, -0.15) is 0 Å². The lowest BCUT2D eigenvalue weighted by Crippen LogP contribution is -2.19. The first-order chi connectivity index (χ1) is 8.00. The Morgan fingerprint density at radius 3 is 2.76 bits per heavy atom. The maximum Gasteiger partial charge on any atom is 0.252 e. The molecule has 0 bridgehead atoms. The molecule has 0 atom stereocenters. The highest BCUT2D eigenvalue weighted by molar-refractivity contribution is 5.96. The summed E-state index contributed by atoms with van der Waals surface area (Å²) in [5, 5.41) is 12.0. The van der Waals surface area contributed by atoms with Gasteiger partial charge in [0.15, 0.2) is 0 Å². The van der Waals surface area contributed by atoms with Crippen molar-refractivity contribution in [2.24, 2.45) is 5.73 Å². The van der Waals surface area contributed by atoms with Crippen LogP contribution < -0.4 is 11.1 Å². The van der Waals surface area contributed by atoms with Gasteiger partial charge in [-0.15, -0.1) is 0 Å². The van der Waals surface area contributed by atoms with E-state index in [1.165, 1.54) is 19.1 Å². The molecule has 90 valence electrons. The second-order valence-corrected chi connectivity index (χ2v) is 3.48. The van der Waals surface area contributed by atoms with Crippen molar-refractivity contribution in [3.8, 4) is 5.75 Å². The van der Waals surface area contributed by atoms with Gasteiger partial charge in [0.25, 0.3) is 5.91 Å². The molecule has 5 heteroatoms. The lowest BCUT2D eigenvalue weighted by molar-refractivity contribution is -0.118. The van der Waals surface area contributed by atoms with E-state index in [0.29, 0.717) is 6.54 Å². The molecule has 0 radical (unpaired) electrons. The van der Waals surface area contributed by atoms with Gasteiger partial charge in [-0.1, -0.05) is 18.2 Å². The Morgan fingerprint density at radius 1 is 1.47 bits per heavy atom. The van der Waals surface area contributed by atoms with Crippen molar-refractivity contribution in [3.63, 3.8) is 0 Å². The number of nitrogens with two attached hydrogens (primary N) is 1. The van der Waals surface area contributed by atoms with Crippen LogP contribution in [0.15, 0.2) is 24.3 Å². The molecule has 17 heavy (non-hydrogen) atoms. The number of benzene rings is 1. The minimum Gasteiger partial charge on any atom is -0.507 e. The highest BCUT2D eigenvalue weighted by atomic mass is 16.3. The van der Waals surface area contributed by atoms with Crippen molar-refractivity contribution in [3.05, 3.63) is 35.4 Å². The Bertz CT molecular complexity index is 467. The third-order valence-electron chi connectivity index (χ3n) is 2.07. The molecule has 0 aliphatic carbocycles. The fourth-order valence-corrected chi connectivity index (χ4v) is 1.25. The maximum atomic E-state index is 11.0. The minimum atomic E-state index is -0.681. The molecule has 0 aliphatic rings. The second kappa shape index (κ2) is 5.69. The number of hydrogen-bond acceptors (Lipinski definition) is 3. The number of amides is 2. The molecule has 0 fully saturated rings. The molecule has 0 aromatic heterocycles. The molecule has 0 unspecified atom stereocenters. The van der Waals surface area contributed by atoms with Crippen LogP contribution in [-0.4, -0.2) is 23.5 Å². The number of phenols is 1. The zero-order valence-corrected chi connectivity index (χ0v) is 9.43. The topological polar surface area (TPSA) is 92.4 Å². The quantitative estimate of drug-likeness (QED) is 0.713. The van der Waals surface area contributed by atoms with Crippen molar-refractivity contribution in [1.29, 1.82) is 0 Å². The summed E-state index contributed by atoms with van der Waals surface area (Å²) in [6.45, 7) is 1.84. The fourth-order valence-electron chi connectivity index (χ4n) is 1.25. The lowest BCUT2D eigenvalue weighted by atomic mass is 10.1. The molecule has 2 amide bonds. The first kappa shape index (κ1) is 12.8. The third kappa shape index (κ3) is 3.98. The van der Waals surface area contributed by atoms with Crippen molar-refractivity contribution in [2.75, 3.05) is 6.54 Å². The van der Waals surface area contributed by atoms with E-state index < -0.39 is 5.91 Å². The van der Waals surface area contributed by atoms with Gasteiger partial charge in [0.2, 0.25) is 5.91 Å².